The van der Waals surface area contributed by atoms with Crippen LogP contribution in [-0.4, -0.2) is 58.1 Å². The Morgan fingerprint density at radius 2 is 1.68 bits per heavy atom. The van der Waals surface area contributed by atoms with Crippen LogP contribution in [0.1, 0.15) is 12.8 Å². The van der Waals surface area contributed by atoms with Crippen LogP contribution < -0.4 is 4.74 Å². The lowest BCUT2D eigenvalue weighted by Gasteiger charge is -2.30. The summed E-state index contributed by atoms with van der Waals surface area (Å²) in [6.07, 6.45) is 1.92. The molecule has 1 aliphatic heterocycles. The largest absolute Gasteiger partial charge is 0.492 e. The summed E-state index contributed by atoms with van der Waals surface area (Å²) in [4.78, 5) is 0. The fraction of sp³-hybridized carbons (Fsp3) is 0.571. The minimum Gasteiger partial charge on any atom is -0.492 e. The highest BCUT2D eigenvalue weighted by molar-refractivity contribution is 7.91. The normalized spacial score (nSPS) is 18.2. The molecule has 1 aliphatic rings. The van der Waals surface area contributed by atoms with Crippen molar-refractivity contribution in [1.82, 2.24) is 4.31 Å². The van der Waals surface area contributed by atoms with Crippen LogP contribution in [0.15, 0.2) is 30.3 Å². The maximum absolute atomic E-state index is 12.2. The Morgan fingerprint density at radius 3 is 2.23 bits per heavy atom. The van der Waals surface area contributed by atoms with Crippen molar-refractivity contribution in [3.63, 3.8) is 0 Å². The lowest BCUT2D eigenvalue weighted by atomic mass is 10.2. The molecule has 0 atom stereocenters. The van der Waals surface area contributed by atoms with Gasteiger partial charge < -0.3 is 4.74 Å². The SMILES string of the molecule is CS(=O)(=O)C1CCN(S(=O)(=O)CCOc2ccccc2)CC1. The van der Waals surface area contributed by atoms with Gasteiger partial charge in [-0.05, 0) is 25.0 Å². The molecule has 1 aromatic rings. The van der Waals surface area contributed by atoms with Crippen LogP contribution in [0.25, 0.3) is 0 Å². The van der Waals surface area contributed by atoms with Crippen molar-refractivity contribution < 1.29 is 21.6 Å². The number of piperidine rings is 1. The molecule has 1 aromatic carbocycles. The van der Waals surface area contributed by atoms with Gasteiger partial charge in [-0.15, -0.1) is 0 Å². The second-order valence-corrected chi connectivity index (χ2v) is 9.82. The Bertz CT molecular complexity index is 677. The van der Waals surface area contributed by atoms with Gasteiger partial charge in [0, 0.05) is 19.3 Å². The zero-order chi connectivity index (χ0) is 16.2. The molecule has 0 aliphatic carbocycles. The van der Waals surface area contributed by atoms with E-state index in [9.17, 15) is 16.8 Å². The summed E-state index contributed by atoms with van der Waals surface area (Å²) in [5, 5.41) is -0.431. The first-order valence-electron chi connectivity index (χ1n) is 7.13. The molecule has 6 nitrogen and oxygen atoms in total. The summed E-state index contributed by atoms with van der Waals surface area (Å²) in [5.74, 6) is 0.527. The number of benzene rings is 1. The maximum atomic E-state index is 12.2. The molecule has 2 rings (SSSR count). The molecule has 0 saturated carbocycles. The van der Waals surface area contributed by atoms with E-state index < -0.39 is 25.1 Å². The Balaban J connectivity index is 1.84. The van der Waals surface area contributed by atoms with E-state index in [2.05, 4.69) is 0 Å². The van der Waals surface area contributed by atoms with Crippen LogP contribution in [0.4, 0.5) is 0 Å². The molecule has 0 radical (unpaired) electrons. The van der Waals surface area contributed by atoms with E-state index >= 15 is 0 Å². The third-order valence-electron chi connectivity index (χ3n) is 3.75. The lowest BCUT2D eigenvalue weighted by Crippen LogP contribution is -2.43. The van der Waals surface area contributed by atoms with Gasteiger partial charge in [-0.25, -0.2) is 21.1 Å². The first-order valence-corrected chi connectivity index (χ1v) is 10.7. The quantitative estimate of drug-likeness (QED) is 0.764. The van der Waals surface area contributed by atoms with Crippen molar-refractivity contribution in [3.8, 4) is 5.75 Å². The zero-order valence-electron chi connectivity index (χ0n) is 12.5. The summed E-state index contributed by atoms with van der Waals surface area (Å²) in [6.45, 7) is 0.592. The second kappa shape index (κ2) is 6.97. The maximum Gasteiger partial charge on any atom is 0.217 e. The van der Waals surface area contributed by atoms with Crippen LogP contribution in [0.3, 0.4) is 0 Å². The van der Waals surface area contributed by atoms with Gasteiger partial charge in [0.05, 0.1) is 11.0 Å². The molecule has 22 heavy (non-hydrogen) atoms. The Labute approximate surface area is 132 Å². The Kier molecular flexibility index (Phi) is 5.46. The molecule has 1 fully saturated rings. The van der Waals surface area contributed by atoms with E-state index in [1.165, 1.54) is 10.6 Å². The highest BCUT2D eigenvalue weighted by Crippen LogP contribution is 2.19. The average Bonchev–Trinajstić information content (AvgIpc) is 2.47. The van der Waals surface area contributed by atoms with Crippen LogP contribution in [0.5, 0.6) is 5.75 Å². The summed E-state index contributed by atoms with van der Waals surface area (Å²) in [5.41, 5.74) is 0. The van der Waals surface area contributed by atoms with E-state index in [4.69, 9.17) is 4.74 Å². The molecular weight excluding hydrogens is 326 g/mol. The van der Waals surface area contributed by atoms with Gasteiger partial charge in [0.1, 0.15) is 22.2 Å². The number of para-hydroxylation sites is 1. The molecule has 0 bridgehead atoms. The second-order valence-electron chi connectivity index (χ2n) is 5.41. The Hall–Kier alpha value is -1.12. The predicted molar refractivity (Wildman–Crippen MR) is 85.2 cm³/mol. The van der Waals surface area contributed by atoms with Crippen molar-refractivity contribution in [1.29, 1.82) is 0 Å². The fourth-order valence-corrected chi connectivity index (χ4v) is 4.84. The molecule has 0 unspecified atom stereocenters. The van der Waals surface area contributed by atoms with Gasteiger partial charge in [0.15, 0.2) is 0 Å². The van der Waals surface area contributed by atoms with E-state index in [1.54, 1.807) is 12.1 Å². The lowest BCUT2D eigenvalue weighted by molar-refractivity contribution is 0.321. The number of sulfonamides is 1. The first kappa shape index (κ1) is 17.2. The van der Waals surface area contributed by atoms with E-state index in [0.29, 0.717) is 18.6 Å². The predicted octanol–water partition coefficient (Wildman–Crippen LogP) is 0.904. The van der Waals surface area contributed by atoms with Crippen LogP contribution in [-0.2, 0) is 19.9 Å². The van der Waals surface area contributed by atoms with E-state index in [-0.39, 0.29) is 25.4 Å². The standard InChI is InChI=1S/C14H21NO5S2/c1-21(16,17)14-7-9-15(10-8-14)22(18,19)12-11-20-13-5-3-2-4-6-13/h2-6,14H,7-12H2,1H3. The van der Waals surface area contributed by atoms with Crippen LogP contribution in [0.2, 0.25) is 0 Å². The monoisotopic (exact) mass is 347 g/mol. The highest BCUT2D eigenvalue weighted by atomic mass is 32.2. The van der Waals surface area contributed by atoms with Crippen molar-refractivity contribution >= 4 is 19.9 Å². The molecule has 124 valence electrons. The topological polar surface area (TPSA) is 80.8 Å². The molecular formula is C14H21NO5S2. The number of hydrogen-bond acceptors (Lipinski definition) is 5. The first-order chi connectivity index (χ1) is 10.3. The fourth-order valence-electron chi connectivity index (χ4n) is 2.45. The summed E-state index contributed by atoms with van der Waals surface area (Å²) in [7, 11) is -6.50. The smallest absolute Gasteiger partial charge is 0.217 e. The molecule has 1 saturated heterocycles. The Morgan fingerprint density at radius 1 is 1.09 bits per heavy atom. The summed E-state index contributed by atoms with van der Waals surface area (Å²) < 4.78 is 54.2. The van der Waals surface area contributed by atoms with E-state index in [1.807, 2.05) is 18.2 Å². The minimum absolute atomic E-state index is 0.0817. The number of hydrogen-bond donors (Lipinski definition) is 0. The highest BCUT2D eigenvalue weighted by Gasteiger charge is 2.31. The molecule has 0 spiro atoms. The van der Waals surface area contributed by atoms with Crippen molar-refractivity contribution in [3.05, 3.63) is 30.3 Å². The molecule has 1 heterocycles. The van der Waals surface area contributed by atoms with Gasteiger partial charge in [-0.2, -0.15) is 0 Å². The molecule has 0 aromatic heterocycles. The van der Waals surface area contributed by atoms with Gasteiger partial charge >= 0.3 is 0 Å². The minimum atomic E-state index is -3.41. The van der Waals surface area contributed by atoms with E-state index in [0.717, 1.165) is 0 Å². The zero-order valence-corrected chi connectivity index (χ0v) is 14.1. The summed E-state index contributed by atoms with van der Waals surface area (Å²) >= 11 is 0. The van der Waals surface area contributed by atoms with Gasteiger partial charge in [0.2, 0.25) is 10.0 Å². The molecule has 0 N–H and O–H groups in total. The molecule has 0 amide bonds. The number of ether oxygens (including phenoxy) is 1. The van der Waals surface area contributed by atoms with Gasteiger partial charge in [-0.3, -0.25) is 0 Å². The van der Waals surface area contributed by atoms with Crippen LogP contribution >= 0.6 is 0 Å². The number of nitrogens with zero attached hydrogens (tertiary/aromatic N) is 1. The number of sulfone groups is 1. The average molecular weight is 347 g/mol. The third-order valence-corrected chi connectivity index (χ3v) is 7.27. The van der Waals surface area contributed by atoms with Crippen LogP contribution in [0, 0.1) is 0 Å². The van der Waals surface area contributed by atoms with Gasteiger partial charge in [-0.1, -0.05) is 18.2 Å². The van der Waals surface area contributed by atoms with Gasteiger partial charge in [0.25, 0.3) is 0 Å². The molecule has 8 heteroatoms. The van der Waals surface area contributed by atoms with Crippen molar-refractivity contribution in [2.75, 3.05) is 31.7 Å². The van der Waals surface area contributed by atoms with Crippen molar-refractivity contribution in [2.24, 2.45) is 0 Å². The number of rotatable bonds is 6. The third kappa shape index (κ3) is 4.69. The summed E-state index contributed by atoms with van der Waals surface area (Å²) in [6, 6.07) is 9.03. The van der Waals surface area contributed by atoms with Crippen molar-refractivity contribution in [2.45, 2.75) is 18.1 Å².